The Hall–Kier alpha value is -6.19. The molecule has 0 saturated carbocycles. The van der Waals surface area contributed by atoms with E-state index in [2.05, 4.69) is 31.4 Å². The van der Waals surface area contributed by atoms with Crippen LogP contribution in [0.25, 0.3) is 11.0 Å². The van der Waals surface area contributed by atoms with Gasteiger partial charge in [0.1, 0.15) is 18.6 Å². The summed E-state index contributed by atoms with van der Waals surface area (Å²) in [5.74, 6) is -2.26. The normalized spacial score (nSPS) is 18.3. The number of aromatic nitrogens is 2. The third-order valence-electron chi connectivity index (χ3n) is 8.02. The first-order valence-corrected chi connectivity index (χ1v) is 16.3. The molecule has 2 aliphatic heterocycles. The van der Waals surface area contributed by atoms with Crippen molar-refractivity contribution in [2.45, 2.75) is 31.8 Å². The summed E-state index contributed by atoms with van der Waals surface area (Å²) in [5.41, 5.74) is 1.15. The van der Waals surface area contributed by atoms with Crippen molar-refractivity contribution in [1.82, 2.24) is 36.3 Å². The average Bonchev–Trinajstić information content (AvgIpc) is 3.57. The highest BCUT2D eigenvalue weighted by Gasteiger charge is 2.28. The van der Waals surface area contributed by atoms with Crippen molar-refractivity contribution in [3.63, 3.8) is 0 Å². The average molecular weight is 702 g/mol. The summed E-state index contributed by atoms with van der Waals surface area (Å²) < 4.78 is 22.2. The van der Waals surface area contributed by atoms with E-state index in [1.807, 2.05) is 30.3 Å². The number of hydrogen-bond donors (Lipinski definition) is 4. The van der Waals surface area contributed by atoms with Crippen LogP contribution in [-0.4, -0.2) is 104 Å². The number of carbonyl (C=O) groups excluding carboxylic acids is 5. The summed E-state index contributed by atoms with van der Waals surface area (Å²) >= 11 is 0. The van der Waals surface area contributed by atoms with Crippen LogP contribution in [0, 0.1) is 0 Å². The number of pyridine rings is 1. The minimum absolute atomic E-state index is 0.0667. The molecule has 0 saturated heterocycles. The van der Waals surface area contributed by atoms with E-state index < -0.39 is 41.6 Å². The highest BCUT2D eigenvalue weighted by Crippen LogP contribution is 2.38. The lowest BCUT2D eigenvalue weighted by atomic mass is 10.0. The Labute approximate surface area is 293 Å². The molecule has 4 aromatic rings. The first kappa shape index (κ1) is 36.1. The largest absolute Gasteiger partial charge is 0.493 e. The molecule has 2 aliphatic rings. The zero-order chi connectivity index (χ0) is 36.3. The molecule has 0 unspecified atom stereocenters. The van der Waals surface area contributed by atoms with Gasteiger partial charge in [0, 0.05) is 37.8 Å². The summed E-state index contributed by atoms with van der Waals surface area (Å²) in [6, 6.07) is 13.1. The van der Waals surface area contributed by atoms with Crippen LogP contribution in [0.1, 0.15) is 39.8 Å². The Morgan fingerprint density at radius 1 is 0.941 bits per heavy atom. The Morgan fingerprint density at radius 3 is 2.41 bits per heavy atom. The van der Waals surface area contributed by atoms with E-state index in [1.165, 1.54) is 44.4 Å². The number of rotatable bonds is 5. The van der Waals surface area contributed by atoms with Crippen LogP contribution in [0.4, 0.5) is 0 Å². The number of amides is 5. The highest BCUT2D eigenvalue weighted by atomic mass is 16.5. The molecular weight excluding hydrogens is 662 g/mol. The Kier molecular flexibility index (Phi) is 12.0. The van der Waals surface area contributed by atoms with E-state index in [-0.39, 0.29) is 73.4 Å². The van der Waals surface area contributed by atoms with Gasteiger partial charge in [-0.05, 0) is 43.2 Å². The summed E-state index contributed by atoms with van der Waals surface area (Å²) in [6.07, 6.45) is 2.02. The van der Waals surface area contributed by atoms with Gasteiger partial charge >= 0.3 is 0 Å². The minimum Gasteiger partial charge on any atom is -0.493 e. The van der Waals surface area contributed by atoms with Gasteiger partial charge in [-0.15, -0.1) is 0 Å². The lowest BCUT2D eigenvalue weighted by Gasteiger charge is -2.24. The summed E-state index contributed by atoms with van der Waals surface area (Å²) in [5, 5.41) is 15.2. The van der Waals surface area contributed by atoms with Gasteiger partial charge in [-0.3, -0.25) is 24.0 Å². The van der Waals surface area contributed by atoms with Crippen LogP contribution in [0.2, 0.25) is 0 Å². The second-order valence-corrected chi connectivity index (χ2v) is 11.6. The van der Waals surface area contributed by atoms with Gasteiger partial charge in [0.25, 0.3) is 11.8 Å². The quantitative estimate of drug-likeness (QED) is 0.218. The van der Waals surface area contributed by atoms with Crippen molar-refractivity contribution in [3.8, 4) is 17.2 Å². The number of ether oxygens (including phenoxy) is 3. The lowest BCUT2D eigenvalue weighted by Crippen LogP contribution is -2.54. The molecule has 6 rings (SSSR count). The van der Waals surface area contributed by atoms with Gasteiger partial charge in [-0.25, -0.2) is 4.98 Å². The lowest BCUT2D eigenvalue weighted by molar-refractivity contribution is -0.129. The standard InChI is InChI=1S/C35H39N7O9/c1-21-32(44)40-25(17-22-9-5-4-6-10-22)34(46)38-14-15-42(35(47)29-24-11-7-12-37-31(24)41-51-29)20-28(43)36-13-8-16-50-30-26(48-2)18-23(33(45)39-21)19-27(30)49-3/h4-7,9-12,18-19,21,25H,8,13-17,20H2,1-3H3,(H,36,43)(H,38,46)(H,39,45)(H,40,44)/t21-,25+/m0/s1. The molecular formula is C35H39N7O9. The van der Waals surface area contributed by atoms with Crippen molar-refractivity contribution in [2.75, 3.05) is 47.0 Å². The second kappa shape index (κ2) is 17.0. The predicted octanol–water partition coefficient (Wildman–Crippen LogP) is 1.24. The fraction of sp³-hybridized carbons (Fsp3) is 0.343. The molecule has 0 aliphatic carbocycles. The van der Waals surface area contributed by atoms with Crippen LogP contribution in [-0.2, 0) is 20.8 Å². The van der Waals surface area contributed by atoms with E-state index in [1.54, 1.807) is 12.1 Å². The van der Waals surface area contributed by atoms with E-state index in [4.69, 9.17) is 18.7 Å². The number of benzene rings is 2. The molecule has 16 nitrogen and oxygen atoms in total. The predicted molar refractivity (Wildman–Crippen MR) is 182 cm³/mol. The first-order valence-electron chi connectivity index (χ1n) is 16.3. The van der Waals surface area contributed by atoms with E-state index in [0.29, 0.717) is 11.8 Å². The third kappa shape index (κ3) is 9.09. The van der Waals surface area contributed by atoms with Gasteiger partial charge in [0.2, 0.25) is 34.9 Å². The Bertz CT molecular complexity index is 1860. The monoisotopic (exact) mass is 701 g/mol. The molecule has 0 fully saturated rings. The van der Waals surface area contributed by atoms with Crippen LogP contribution < -0.4 is 35.5 Å². The number of nitrogens with zero attached hydrogens (tertiary/aromatic N) is 3. The number of nitrogens with one attached hydrogen (secondary N) is 4. The molecule has 5 amide bonds. The highest BCUT2D eigenvalue weighted by molar-refractivity contribution is 6.04. The number of carbonyl (C=O) groups is 5. The molecule has 2 bridgehead atoms. The first-order chi connectivity index (χ1) is 24.7. The van der Waals surface area contributed by atoms with E-state index in [0.717, 1.165) is 5.56 Å². The van der Waals surface area contributed by atoms with E-state index in [9.17, 15) is 24.0 Å². The molecule has 4 heterocycles. The maximum Gasteiger partial charge on any atom is 0.293 e. The Balaban J connectivity index is 1.42. The SMILES string of the molecule is COc1cc2cc(OC)c1OCCCNC(=O)CN(C(=O)c1onc3ncccc13)CCNC(=O)[C@@H](Cc1ccccc1)NC(=O)[C@H](C)NC2=O. The topological polar surface area (TPSA) is 203 Å². The van der Waals surface area contributed by atoms with Crippen molar-refractivity contribution in [3.05, 3.63) is 77.7 Å². The maximum absolute atomic E-state index is 13.7. The van der Waals surface area contributed by atoms with Crippen LogP contribution in [0.5, 0.6) is 17.2 Å². The van der Waals surface area contributed by atoms with Crippen LogP contribution >= 0.6 is 0 Å². The van der Waals surface area contributed by atoms with Crippen molar-refractivity contribution in [2.24, 2.45) is 0 Å². The molecule has 51 heavy (non-hydrogen) atoms. The van der Waals surface area contributed by atoms with Gasteiger partial charge in [-0.2, -0.15) is 0 Å². The third-order valence-corrected chi connectivity index (χ3v) is 8.02. The molecule has 2 atom stereocenters. The number of fused-ring (bicyclic) bond motifs is 20. The summed E-state index contributed by atoms with van der Waals surface area (Å²) in [7, 11) is 2.82. The molecule has 0 spiro atoms. The minimum atomic E-state index is -1.05. The Morgan fingerprint density at radius 2 is 1.69 bits per heavy atom. The van der Waals surface area contributed by atoms with Gasteiger partial charge in [0.05, 0.1) is 26.2 Å². The van der Waals surface area contributed by atoms with Crippen molar-refractivity contribution in [1.29, 1.82) is 0 Å². The zero-order valence-electron chi connectivity index (χ0n) is 28.4. The molecule has 16 heteroatoms. The van der Waals surface area contributed by atoms with E-state index >= 15 is 0 Å². The molecule has 4 N–H and O–H groups in total. The fourth-order valence-electron chi connectivity index (χ4n) is 5.33. The molecule has 268 valence electrons. The zero-order valence-corrected chi connectivity index (χ0v) is 28.4. The van der Waals surface area contributed by atoms with Crippen molar-refractivity contribution < 1.29 is 42.7 Å². The summed E-state index contributed by atoms with van der Waals surface area (Å²) in [6.45, 7) is 1.33. The number of methoxy groups -OCH3 is 2. The van der Waals surface area contributed by atoms with Crippen LogP contribution in [0.15, 0.2) is 65.3 Å². The smallest absolute Gasteiger partial charge is 0.293 e. The van der Waals surface area contributed by atoms with Gasteiger partial charge in [0.15, 0.2) is 11.5 Å². The molecule has 0 radical (unpaired) electrons. The molecule has 2 aromatic carbocycles. The number of hydrogen-bond acceptors (Lipinski definition) is 11. The van der Waals surface area contributed by atoms with Crippen LogP contribution in [0.3, 0.4) is 0 Å². The van der Waals surface area contributed by atoms with Gasteiger partial charge in [-0.1, -0.05) is 35.5 Å². The van der Waals surface area contributed by atoms with Crippen molar-refractivity contribution >= 4 is 40.6 Å². The second-order valence-electron chi connectivity index (χ2n) is 11.6. The summed E-state index contributed by atoms with van der Waals surface area (Å²) in [4.78, 5) is 72.3. The van der Waals surface area contributed by atoms with Gasteiger partial charge < -0.3 is 44.9 Å². The maximum atomic E-state index is 13.7. The molecule has 2 aromatic heterocycles. The fourth-order valence-corrected chi connectivity index (χ4v) is 5.33.